The second-order valence-corrected chi connectivity index (χ2v) is 4.65. The Balaban J connectivity index is 2.20. The van der Waals surface area contributed by atoms with Crippen molar-refractivity contribution in [3.8, 4) is 11.5 Å². The summed E-state index contributed by atoms with van der Waals surface area (Å²) in [5.74, 6) is -0.596. The molecule has 0 radical (unpaired) electrons. The van der Waals surface area contributed by atoms with E-state index < -0.39 is 5.82 Å². The van der Waals surface area contributed by atoms with Crippen LogP contribution in [0.15, 0.2) is 36.4 Å². The maximum Gasteiger partial charge on any atom is 0.134 e. The van der Waals surface area contributed by atoms with Crippen molar-refractivity contribution in [1.29, 1.82) is 0 Å². The summed E-state index contributed by atoms with van der Waals surface area (Å²) in [5, 5.41) is 21.8. The van der Waals surface area contributed by atoms with E-state index in [2.05, 4.69) is 5.32 Å². The molecule has 0 fully saturated rings. The van der Waals surface area contributed by atoms with Gasteiger partial charge < -0.3 is 15.5 Å². The fraction of sp³-hybridized carbons (Fsp3) is 0.143. The first-order valence-corrected chi connectivity index (χ1v) is 6.08. The Hall–Kier alpha value is -1.94. The average Bonchev–Trinajstić information content (AvgIpc) is 2.33. The highest BCUT2D eigenvalue weighted by Crippen LogP contribution is 2.29. The number of aromatic hydroxyl groups is 2. The van der Waals surface area contributed by atoms with Gasteiger partial charge in [-0.3, -0.25) is 0 Å². The first-order chi connectivity index (χ1) is 8.97. The van der Waals surface area contributed by atoms with E-state index in [0.29, 0.717) is 11.3 Å². The molecule has 2 rings (SSSR count). The molecule has 5 heteroatoms. The number of anilines is 1. The summed E-state index contributed by atoms with van der Waals surface area (Å²) in [4.78, 5) is 0. The molecule has 1 atom stereocenters. The molecule has 0 amide bonds. The van der Waals surface area contributed by atoms with E-state index in [4.69, 9.17) is 11.6 Å². The lowest BCUT2D eigenvalue weighted by Crippen LogP contribution is -2.08. The van der Waals surface area contributed by atoms with E-state index in [0.717, 1.165) is 6.07 Å². The molecule has 0 aliphatic rings. The quantitative estimate of drug-likeness (QED) is 0.744. The van der Waals surface area contributed by atoms with Crippen LogP contribution in [0, 0.1) is 5.82 Å². The monoisotopic (exact) mass is 281 g/mol. The second kappa shape index (κ2) is 5.36. The largest absolute Gasteiger partial charge is 0.508 e. The molecule has 2 aromatic rings. The van der Waals surface area contributed by atoms with Crippen molar-refractivity contribution in [3.63, 3.8) is 0 Å². The fourth-order valence-corrected chi connectivity index (χ4v) is 1.97. The predicted molar refractivity (Wildman–Crippen MR) is 73.2 cm³/mol. The van der Waals surface area contributed by atoms with Gasteiger partial charge in [0.15, 0.2) is 0 Å². The molecule has 3 nitrogen and oxygen atoms in total. The first kappa shape index (κ1) is 13.5. The van der Waals surface area contributed by atoms with E-state index in [1.807, 2.05) is 0 Å². The van der Waals surface area contributed by atoms with E-state index in [1.165, 1.54) is 18.2 Å². The molecule has 19 heavy (non-hydrogen) atoms. The molecular formula is C14H13ClFNO2. The Bertz CT molecular complexity index is 604. The summed E-state index contributed by atoms with van der Waals surface area (Å²) in [7, 11) is 0. The van der Waals surface area contributed by atoms with Gasteiger partial charge in [-0.05, 0) is 31.2 Å². The van der Waals surface area contributed by atoms with Gasteiger partial charge in [0, 0.05) is 17.3 Å². The minimum absolute atomic E-state index is 0.00400. The van der Waals surface area contributed by atoms with Crippen LogP contribution in [0.2, 0.25) is 5.02 Å². The summed E-state index contributed by atoms with van der Waals surface area (Å²) in [6, 6.07) is 8.38. The Kier molecular flexibility index (Phi) is 3.81. The number of phenols is 2. The van der Waals surface area contributed by atoms with Gasteiger partial charge in [0.25, 0.3) is 0 Å². The molecule has 0 saturated heterocycles. The first-order valence-electron chi connectivity index (χ1n) is 5.71. The van der Waals surface area contributed by atoms with Crippen LogP contribution >= 0.6 is 11.6 Å². The Morgan fingerprint density at radius 2 is 1.89 bits per heavy atom. The van der Waals surface area contributed by atoms with Gasteiger partial charge in [-0.25, -0.2) is 4.39 Å². The Morgan fingerprint density at radius 3 is 2.53 bits per heavy atom. The van der Waals surface area contributed by atoms with Crippen LogP contribution in [0.4, 0.5) is 10.1 Å². The zero-order valence-electron chi connectivity index (χ0n) is 10.2. The van der Waals surface area contributed by atoms with Gasteiger partial charge in [-0.1, -0.05) is 17.7 Å². The SMILES string of the molecule is CC(Nc1ccc(O)c(Cl)c1)c1ccc(O)cc1F. The lowest BCUT2D eigenvalue weighted by Gasteiger charge is -2.17. The van der Waals surface area contributed by atoms with Crippen molar-refractivity contribution >= 4 is 17.3 Å². The number of phenolic OH excluding ortho intramolecular Hbond substituents is 2. The van der Waals surface area contributed by atoms with Crippen LogP contribution in [0.3, 0.4) is 0 Å². The highest BCUT2D eigenvalue weighted by molar-refractivity contribution is 6.32. The summed E-state index contributed by atoms with van der Waals surface area (Å²) in [6.07, 6.45) is 0. The Labute approximate surface area is 115 Å². The topological polar surface area (TPSA) is 52.5 Å². The van der Waals surface area contributed by atoms with Crippen molar-refractivity contribution in [1.82, 2.24) is 0 Å². The molecule has 2 aromatic carbocycles. The predicted octanol–water partition coefficient (Wildman–Crippen LogP) is 4.06. The molecular weight excluding hydrogens is 269 g/mol. The van der Waals surface area contributed by atoms with Gasteiger partial charge in [-0.2, -0.15) is 0 Å². The minimum atomic E-state index is -0.482. The standard InChI is InChI=1S/C14H13ClFNO2/c1-8(11-4-3-10(18)7-13(11)16)17-9-2-5-14(19)12(15)6-9/h2-8,17-19H,1H3. The lowest BCUT2D eigenvalue weighted by atomic mass is 10.1. The summed E-state index contributed by atoms with van der Waals surface area (Å²) < 4.78 is 13.7. The van der Waals surface area contributed by atoms with Gasteiger partial charge in [0.05, 0.1) is 11.1 Å². The van der Waals surface area contributed by atoms with Crippen LogP contribution < -0.4 is 5.32 Å². The molecule has 0 heterocycles. The van der Waals surface area contributed by atoms with Crippen LogP contribution in [0.5, 0.6) is 11.5 Å². The highest BCUT2D eigenvalue weighted by atomic mass is 35.5. The van der Waals surface area contributed by atoms with Gasteiger partial charge in [-0.15, -0.1) is 0 Å². The number of halogens is 2. The maximum absolute atomic E-state index is 13.7. The molecule has 100 valence electrons. The van der Waals surface area contributed by atoms with E-state index in [1.54, 1.807) is 19.1 Å². The van der Waals surface area contributed by atoms with Crippen molar-refractivity contribution in [2.24, 2.45) is 0 Å². The molecule has 3 N–H and O–H groups in total. The zero-order valence-corrected chi connectivity index (χ0v) is 10.9. The van der Waals surface area contributed by atoms with E-state index in [9.17, 15) is 14.6 Å². The zero-order chi connectivity index (χ0) is 14.0. The van der Waals surface area contributed by atoms with Crippen molar-refractivity contribution < 1.29 is 14.6 Å². The van der Waals surface area contributed by atoms with Crippen LogP contribution in [0.1, 0.15) is 18.5 Å². The molecule has 0 saturated carbocycles. The van der Waals surface area contributed by atoms with Crippen molar-refractivity contribution in [2.75, 3.05) is 5.32 Å². The average molecular weight is 282 g/mol. The normalized spacial score (nSPS) is 12.2. The molecule has 1 unspecified atom stereocenters. The van der Waals surface area contributed by atoms with Crippen LogP contribution in [0.25, 0.3) is 0 Å². The number of nitrogens with one attached hydrogen (secondary N) is 1. The van der Waals surface area contributed by atoms with Gasteiger partial charge in [0.2, 0.25) is 0 Å². The summed E-state index contributed by atoms with van der Waals surface area (Å²) >= 11 is 5.80. The van der Waals surface area contributed by atoms with E-state index >= 15 is 0 Å². The third kappa shape index (κ3) is 3.09. The number of hydrogen-bond acceptors (Lipinski definition) is 3. The second-order valence-electron chi connectivity index (χ2n) is 4.24. The molecule has 0 aromatic heterocycles. The summed E-state index contributed by atoms with van der Waals surface area (Å²) in [5.41, 5.74) is 1.10. The highest BCUT2D eigenvalue weighted by Gasteiger charge is 2.12. The van der Waals surface area contributed by atoms with Crippen LogP contribution in [-0.2, 0) is 0 Å². The van der Waals surface area contributed by atoms with Crippen LogP contribution in [-0.4, -0.2) is 10.2 Å². The van der Waals surface area contributed by atoms with Crippen molar-refractivity contribution in [2.45, 2.75) is 13.0 Å². The Morgan fingerprint density at radius 1 is 1.16 bits per heavy atom. The van der Waals surface area contributed by atoms with E-state index in [-0.39, 0.29) is 22.6 Å². The number of benzene rings is 2. The smallest absolute Gasteiger partial charge is 0.134 e. The molecule has 0 aliphatic carbocycles. The lowest BCUT2D eigenvalue weighted by molar-refractivity contribution is 0.467. The van der Waals surface area contributed by atoms with Crippen molar-refractivity contribution in [3.05, 3.63) is 52.8 Å². The fourth-order valence-electron chi connectivity index (χ4n) is 1.79. The van der Waals surface area contributed by atoms with Gasteiger partial charge >= 0.3 is 0 Å². The van der Waals surface area contributed by atoms with Gasteiger partial charge in [0.1, 0.15) is 17.3 Å². The molecule has 0 bridgehead atoms. The third-order valence-electron chi connectivity index (χ3n) is 2.78. The third-order valence-corrected chi connectivity index (χ3v) is 3.08. The number of rotatable bonds is 3. The minimum Gasteiger partial charge on any atom is -0.508 e. The molecule has 0 spiro atoms. The molecule has 0 aliphatic heterocycles. The summed E-state index contributed by atoms with van der Waals surface area (Å²) in [6.45, 7) is 1.79. The number of hydrogen-bond donors (Lipinski definition) is 3. The maximum atomic E-state index is 13.7.